The third kappa shape index (κ3) is 1.98. The highest BCUT2D eigenvalue weighted by Gasteiger charge is 2.39. The lowest BCUT2D eigenvalue weighted by atomic mass is 9.99. The Morgan fingerprint density at radius 2 is 2.14 bits per heavy atom. The van der Waals surface area contributed by atoms with Crippen molar-refractivity contribution in [1.82, 2.24) is 14.8 Å². The van der Waals surface area contributed by atoms with Gasteiger partial charge in [-0.1, -0.05) is 24.3 Å². The van der Waals surface area contributed by atoms with Crippen LogP contribution in [0.2, 0.25) is 0 Å². The Balaban J connectivity index is 1.76. The Morgan fingerprint density at radius 1 is 1.36 bits per heavy atom. The van der Waals surface area contributed by atoms with Crippen LogP contribution in [0.3, 0.4) is 0 Å². The van der Waals surface area contributed by atoms with Crippen LogP contribution < -0.4 is 0 Å². The molecule has 0 amide bonds. The van der Waals surface area contributed by atoms with Gasteiger partial charge in [0.2, 0.25) is 11.6 Å². The molecule has 0 bridgehead atoms. The van der Waals surface area contributed by atoms with E-state index in [1.165, 1.54) is 10.9 Å². The summed E-state index contributed by atoms with van der Waals surface area (Å²) in [6, 6.07) is 7.09. The van der Waals surface area contributed by atoms with Crippen molar-refractivity contribution in [2.45, 2.75) is 31.5 Å². The Hall–Kier alpha value is -2.37. The molecular weight excluding hydrogens is 283 g/mol. The van der Waals surface area contributed by atoms with Crippen molar-refractivity contribution < 1.29 is 9.18 Å². The molecule has 22 heavy (non-hydrogen) atoms. The van der Waals surface area contributed by atoms with Crippen LogP contribution in [0.25, 0.3) is 0 Å². The SMILES string of the molecule is N=Cc1ccccc1C1CC(F)c2nc(C(=O)C3CC3)nn21. The second kappa shape index (κ2) is 4.83. The number of nitrogens with zero attached hydrogens (tertiary/aromatic N) is 3. The zero-order valence-electron chi connectivity index (χ0n) is 11.9. The number of benzene rings is 1. The highest BCUT2D eigenvalue weighted by atomic mass is 19.1. The van der Waals surface area contributed by atoms with Gasteiger partial charge in [-0.05, 0) is 24.0 Å². The van der Waals surface area contributed by atoms with Crippen molar-refractivity contribution in [2.24, 2.45) is 5.92 Å². The molecule has 6 heteroatoms. The fraction of sp³-hybridized carbons (Fsp3) is 0.375. The van der Waals surface area contributed by atoms with Crippen LogP contribution in [0.1, 0.15) is 59.0 Å². The van der Waals surface area contributed by atoms with E-state index in [4.69, 9.17) is 5.41 Å². The molecule has 1 N–H and O–H groups in total. The monoisotopic (exact) mass is 298 g/mol. The van der Waals surface area contributed by atoms with Crippen molar-refractivity contribution in [3.8, 4) is 0 Å². The number of halogens is 1. The Labute approximate surface area is 126 Å². The molecule has 1 aromatic heterocycles. The molecule has 1 aliphatic carbocycles. The summed E-state index contributed by atoms with van der Waals surface area (Å²) in [4.78, 5) is 16.2. The molecule has 2 aliphatic rings. The standard InChI is InChI=1S/C16H15FN4O/c17-12-7-13(11-4-2-1-3-10(11)8-18)21-16(12)19-15(20-21)14(22)9-5-6-9/h1-4,8-9,12-13,18H,5-7H2. The maximum absolute atomic E-state index is 14.3. The van der Waals surface area contributed by atoms with Crippen molar-refractivity contribution in [1.29, 1.82) is 5.41 Å². The fourth-order valence-corrected chi connectivity index (χ4v) is 3.02. The molecule has 5 nitrogen and oxygen atoms in total. The molecule has 2 atom stereocenters. The normalized spacial score (nSPS) is 23.3. The molecule has 0 spiro atoms. The first-order chi connectivity index (χ1) is 10.7. The first kappa shape index (κ1) is 13.3. The zero-order valence-corrected chi connectivity index (χ0v) is 11.9. The lowest BCUT2D eigenvalue weighted by Gasteiger charge is -2.14. The quantitative estimate of drug-likeness (QED) is 0.697. The number of aromatic nitrogens is 3. The molecule has 0 saturated heterocycles. The minimum atomic E-state index is -1.22. The molecule has 4 rings (SSSR count). The van der Waals surface area contributed by atoms with Gasteiger partial charge in [0.15, 0.2) is 12.0 Å². The summed E-state index contributed by atoms with van der Waals surface area (Å²) in [5.74, 6) is 0.313. The summed E-state index contributed by atoms with van der Waals surface area (Å²) >= 11 is 0. The second-order valence-electron chi connectivity index (χ2n) is 5.87. The van der Waals surface area contributed by atoms with Crippen molar-refractivity contribution in [2.75, 3.05) is 0 Å². The lowest BCUT2D eigenvalue weighted by Crippen LogP contribution is -2.12. The molecule has 2 aromatic rings. The zero-order chi connectivity index (χ0) is 15.3. The Morgan fingerprint density at radius 3 is 2.86 bits per heavy atom. The third-order valence-electron chi connectivity index (χ3n) is 4.34. The van der Waals surface area contributed by atoms with E-state index in [2.05, 4.69) is 10.1 Å². The molecule has 0 radical (unpaired) electrons. The molecule has 2 heterocycles. The summed E-state index contributed by atoms with van der Waals surface area (Å²) in [7, 11) is 0. The average Bonchev–Trinajstić information content (AvgIpc) is 3.22. The molecule has 2 unspecified atom stereocenters. The van der Waals surface area contributed by atoms with Gasteiger partial charge in [0.25, 0.3) is 0 Å². The number of nitrogens with one attached hydrogen (secondary N) is 1. The van der Waals surface area contributed by atoms with Crippen LogP contribution in [0.15, 0.2) is 24.3 Å². The topological polar surface area (TPSA) is 71.6 Å². The maximum Gasteiger partial charge on any atom is 0.217 e. The van der Waals surface area contributed by atoms with Gasteiger partial charge in [0.05, 0.1) is 6.04 Å². The van der Waals surface area contributed by atoms with Crippen LogP contribution in [-0.4, -0.2) is 26.8 Å². The van der Waals surface area contributed by atoms with Gasteiger partial charge in [-0.15, -0.1) is 5.10 Å². The number of hydrogen-bond acceptors (Lipinski definition) is 4. The number of rotatable bonds is 4. The molecule has 112 valence electrons. The largest absolute Gasteiger partial charge is 0.308 e. The average molecular weight is 298 g/mol. The minimum absolute atomic E-state index is 0.0218. The van der Waals surface area contributed by atoms with E-state index in [0.29, 0.717) is 0 Å². The van der Waals surface area contributed by atoms with E-state index in [1.807, 2.05) is 24.3 Å². The summed E-state index contributed by atoms with van der Waals surface area (Å²) in [6.45, 7) is 0. The molecule has 1 saturated carbocycles. The molecular formula is C16H15FN4O. The number of carbonyl (C=O) groups is 1. The van der Waals surface area contributed by atoms with Gasteiger partial charge in [-0.25, -0.2) is 14.1 Å². The van der Waals surface area contributed by atoms with Crippen LogP contribution in [0.4, 0.5) is 4.39 Å². The van der Waals surface area contributed by atoms with Crippen LogP contribution in [0.5, 0.6) is 0 Å². The van der Waals surface area contributed by atoms with Crippen molar-refractivity contribution in [3.63, 3.8) is 0 Å². The van der Waals surface area contributed by atoms with Crippen molar-refractivity contribution in [3.05, 3.63) is 47.0 Å². The predicted octanol–water partition coefficient (Wildman–Crippen LogP) is 2.87. The number of alkyl halides is 1. The number of hydrogen-bond donors (Lipinski definition) is 1. The Bertz CT molecular complexity index is 765. The number of Topliss-reactive ketones (excluding diaryl/α,β-unsaturated/α-hetero) is 1. The third-order valence-corrected chi connectivity index (χ3v) is 4.34. The van der Waals surface area contributed by atoms with E-state index in [1.54, 1.807) is 0 Å². The predicted molar refractivity (Wildman–Crippen MR) is 78.0 cm³/mol. The Kier molecular flexibility index (Phi) is 2.92. The smallest absolute Gasteiger partial charge is 0.217 e. The van der Waals surface area contributed by atoms with E-state index < -0.39 is 6.17 Å². The van der Waals surface area contributed by atoms with E-state index in [9.17, 15) is 9.18 Å². The first-order valence-electron chi connectivity index (χ1n) is 7.43. The van der Waals surface area contributed by atoms with E-state index >= 15 is 0 Å². The molecule has 1 aliphatic heterocycles. The van der Waals surface area contributed by atoms with Gasteiger partial charge in [0, 0.05) is 18.6 Å². The summed E-state index contributed by atoms with van der Waals surface area (Å²) in [6.07, 6.45) is 2.03. The molecule has 1 aromatic carbocycles. The van der Waals surface area contributed by atoms with Crippen molar-refractivity contribution >= 4 is 12.0 Å². The lowest BCUT2D eigenvalue weighted by molar-refractivity contribution is 0.0956. The second-order valence-corrected chi connectivity index (χ2v) is 5.87. The summed E-state index contributed by atoms with van der Waals surface area (Å²) in [5.41, 5.74) is 1.58. The van der Waals surface area contributed by atoms with E-state index in [0.717, 1.165) is 24.0 Å². The number of ketones is 1. The van der Waals surface area contributed by atoms with Gasteiger partial charge in [-0.3, -0.25) is 4.79 Å². The van der Waals surface area contributed by atoms with Crippen LogP contribution in [0, 0.1) is 11.3 Å². The summed E-state index contributed by atoms with van der Waals surface area (Å²) in [5, 5.41) is 11.8. The number of carbonyl (C=O) groups excluding carboxylic acids is 1. The van der Waals surface area contributed by atoms with E-state index in [-0.39, 0.29) is 35.8 Å². The molecule has 1 fully saturated rings. The number of fused-ring (bicyclic) bond motifs is 1. The minimum Gasteiger partial charge on any atom is -0.308 e. The van der Waals surface area contributed by atoms with Gasteiger partial charge < -0.3 is 5.41 Å². The van der Waals surface area contributed by atoms with Gasteiger partial charge in [0.1, 0.15) is 0 Å². The van der Waals surface area contributed by atoms with Gasteiger partial charge in [-0.2, -0.15) is 0 Å². The highest BCUT2D eigenvalue weighted by Crippen LogP contribution is 2.41. The fourth-order valence-electron chi connectivity index (χ4n) is 3.02. The summed E-state index contributed by atoms with van der Waals surface area (Å²) < 4.78 is 15.8. The highest BCUT2D eigenvalue weighted by molar-refractivity contribution is 5.96. The maximum atomic E-state index is 14.3. The van der Waals surface area contributed by atoms with Crippen LogP contribution in [-0.2, 0) is 0 Å². The van der Waals surface area contributed by atoms with Crippen LogP contribution >= 0.6 is 0 Å². The van der Waals surface area contributed by atoms with Gasteiger partial charge >= 0.3 is 0 Å². The first-order valence-corrected chi connectivity index (χ1v) is 7.43.